The molecule has 0 radical (unpaired) electrons. The summed E-state index contributed by atoms with van der Waals surface area (Å²) in [4.78, 5) is 12.6. The summed E-state index contributed by atoms with van der Waals surface area (Å²) in [6.07, 6.45) is 0. The lowest BCUT2D eigenvalue weighted by atomic mass is 10.1. The Balaban J connectivity index is 1.77. The second-order valence-electron chi connectivity index (χ2n) is 5.93. The molecular weight excluding hydrogens is 422 g/mol. The minimum absolute atomic E-state index is 0.205. The van der Waals surface area contributed by atoms with E-state index < -0.39 is 0 Å². The van der Waals surface area contributed by atoms with Gasteiger partial charge in [0.25, 0.3) is 5.91 Å². The Morgan fingerprint density at radius 1 is 0.893 bits per heavy atom. The summed E-state index contributed by atoms with van der Waals surface area (Å²) in [5.74, 6) is 1.71. The highest BCUT2D eigenvalue weighted by molar-refractivity contribution is 9.10. The van der Waals surface area contributed by atoms with Gasteiger partial charge in [-0.2, -0.15) is 0 Å². The maximum absolute atomic E-state index is 12.6. The molecule has 1 N–H and O–H groups in total. The lowest BCUT2D eigenvalue weighted by molar-refractivity contribution is 0.102. The van der Waals surface area contributed by atoms with Crippen LogP contribution in [-0.4, -0.2) is 20.1 Å². The lowest BCUT2D eigenvalue weighted by Crippen LogP contribution is -2.12. The minimum atomic E-state index is -0.205. The number of anilines is 1. The fourth-order valence-electron chi connectivity index (χ4n) is 2.66. The molecular formula is C22H20BrNO4. The molecule has 0 saturated carbocycles. The van der Waals surface area contributed by atoms with Crippen molar-refractivity contribution in [3.8, 4) is 17.2 Å². The average molecular weight is 442 g/mol. The van der Waals surface area contributed by atoms with Crippen LogP contribution in [0.1, 0.15) is 15.9 Å². The highest BCUT2D eigenvalue weighted by Gasteiger charge is 2.12. The molecule has 1 amide bonds. The fourth-order valence-corrected chi connectivity index (χ4v) is 2.93. The molecule has 144 valence electrons. The number of benzene rings is 3. The first kappa shape index (κ1) is 19.8. The quantitative estimate of drug-likeness (QED) is 0.540. The number of halogens is 1. The van der Waals surface area contributed by atoms with Crippen LogP contribution >= 0.6 is 15.9 Å². The summed E-state index contributed by atoms with van der Waals surface area (Å²) in [5, 5.41) is 2.88. The number of carbonyl (C=O) groups is 1. The van der Waals surface area contributed by atoms with Crippen molar-refractivity contribution in [3.05, 3.63) is 82.3 Å². The van der Waals surface area contributed by atoms with E-state index >= 15 is 0 Å². The highest BCUT2D eigenvalue weighted by atomic mass is 79.9. The smallest absolute Gasteiger partial charge is 0.255 e. The normalized spacial score (nSPS) is 10.2. The Hall–Kier alpha value is -2.99. The maximum Gasteiger partial charge on any atom is 0.255 e. The zero-order valence-electron chi connectivity index (χ0n) is 15.6. The first-order valence-corrected chi connectivity index (χ1v) is 9.39. The van der Waals surface area contributed by atoms with E-state index in [0.717, 1.165) is 15.7 Å². The van der Waals surface area contributed by atoms with Crippen LogP contribution in [0.3, 0.4) is 0 Å². The predicted octanol–water partition coefficient (Wildman–Crippen LogP) is 5.30. The van der Waals surface area contributed by atoms with Gasteiger partial charge >= 0.3 is 0 Å². The number of nitrogens with one attached hydrogen (secondary N) is 1. The third-order valence-corrected chi connectivity index (χ3v) is 4.63. The molecule has 0 aliphatic carbocycles. The zero-order valence-corrected chi connectivity index (χ0v) is 17.2. The van der Waals surface area contributed by atoms with Crippen molar-refractivity contribution >= 4 is 27.5 Å². The minimum Gasteiger partial charge on any atom is -0.496 e. The number of amides is 1. The monoisotopic (exact) mass is 441 g/mol. The Bertz CT molecular complexity index is 957. The van der Waals surface area contributed by atoms with E-state index in [1.165, 1.54) is 0 Å². The Morgan fingerprint density at radius 3 is 2.25 bits per heavy atom. The summed E-state index contributed by atoms with van der Waals surface area (Å²) in [7, 11) is 3.18. The standard InChI is InChI=1S/C22H20BrNO4/c1-26-19-12-7-15(22(25)24-18-10-8-17(23)9-11-18)13-16(19)14-28-21-6-4-3-5-20(21)27-2/h3-13H,14H2,1-2H3,(H,24,25). The molecule has 3 aromatic rings. The number of para-hydroxylation sites is 2. The van der Waals surface area contributed by atoms with Crippen molar-refractivity contribution in [2.45, 2.75) is 6.61 Å². The first-order chi connectivity index (χ1) is 13.6. The molecule has 0 atom stereocenters. The van der Waals surface area contributed by atoms with E-state index in [0.29, 0.717) is 22.8 Å². The number of hydrogen-bond donors (Lipinski definition) is 1. The van der Waals surface area contributed by atoms with Crippen LogP contribution in [0.2, 0.25) is 0 Å². The predicted molar refractivity (Wildman–Crippen MR) is 112 cm³/mol. The molecule has 3 rings (SSSR count). The van der Waals surface area contributed by atoms with E-state index in [-0.39, 0.29) is 12.5 Å². The van der Waals surface area contributed by atoms with Gasteiger partial charge in [-0.05, 0) is 54.6 Å². The molecule has 0 aliphatic rings. The van der Waals surface area contributed by atoms with Crippen molar-refractivity contribution in [3.63, 3.8) is 0 Å². The van der Waals surface area contributed by atoms with Crippen LogP contribution in [0.4, 0.5) is 5.69 Å². The average Bonchev–Trinajstić information content (AvgIpc) is 2.73. The highest BCUT2D eigenvalue weighted by Crippen LogP contribution is 2.28. The van der Waals surface area contributed by atoms with E-state index in [2.05, 4.69) is 21.2 Å². The summed E-state index contributed by atoms with van der Waals surface area (Å²) in [6, 6.07) is 20.1. The van der Waals surface area contributed by atoms with Gasteiger partial charge in [0, 0.05) is 21.3 Å². The third kappa shape index (κ3) is 4.84. The van der Waals surface area contributed by atoms with Crippen LogP contribution in [-0.2, 0) is 6.61 Å². The molecule has 0 fully saturated rings. The SMILES string of the molecule is COc1ccc(C(=O)Nc2ccc(Br)cc2)cc1COc1ccccc1OC. The number of carbonyl (C=O) groups excluding carboxylic acids is 1. The number of ether oxygens (including phenoxy) is 3. The van der Waals surface area contributed by atoms with Crippen molar-refractivity contribution < 1.29 is 19.0 Å². The van der Waals surface area contributed by atoms with Crippen LogP contribution in [0.5, 0.6) is 17.2 Å². The van der Waals surface area contributed by atoms with Gasteiger partial charge in [-0.1, -0.05) is 28.1 Å². The largest absolute Gasteiger partial charge is 0.496 e. The number of rotatable bonds is 7. The molecule has 3 aromatic carbocycles. The van der Waals surface area contributed by atoms with Gasteiger partial charge in [0.05, 0.1) is 14.2 Å². The summed E-state index contributed by atoms with van der Waals surface area (Å²) >= 11 is 3.38. The number of methoxy groups -OCH3 is 2. The molecule has 0 unspecified atom stereocenters. The first-order valence-electron chi connectivity index (χ1n) is 8.60. The van der Waals surface area contributed by atoms with Crippen LogP contribution in [0.25, 0.3) is 0 Å². The summed E-state index contributed by atoms with van der Waals surface area (Å²) < 4.78 is 17.5. The summed E-state index contributed by atoms with van der Waals surface area (Å²) in [5.41, 5.74) is 2.00. The molecule has 0 aromatic heterocycles. The zero-order chi connectivity index (χ0) is 19.9. The Morgan fingerprint density at radius 2 is 1.57 bits per heavy atom. The van der Waals surface area contributed by atoms with E-state index in [1.807, 2.05) is 48.5 Å². The van der Waals surface area contributed by atoms with Crippen molar-refractivity contribution in [1.82, 2.24) is 0 Å². The van der Waals surface area contributed by atoms with Crippen molar-refractivity contribution in [1.29, 1.82) is 0 Å². The molecule has 0 saturated heterocycles. The van der Waals surface area contributed by atoms with E-state index in [1.54, 1.807) is 32.4 Å². The molecule has 0 heterocycles. The van der Waals surface area contributed by atoms with Crippen molar-refractivity contribution in [2.24, 2.45) is 0 Å². The van der Waals surface area contributed by atoms with Gasteiger partial charge in [0.15, 0.2) is 11.5 Å². The summed E-state index contributed by atoms with van der Waals surface area (Å²) in [6.45, 7) is 0.239. The topological polar surface area (TPSA) is 56.8 Å². The van der Waals surface area contributed by atoms with Gasteiger partial charge in [0.2, 0.25) is 0 Å². The molecule has 5 nitrogen and oxygen atoms in total. The molecule has 0 spiro atoms. The van der Waals surface area contributed by atoms with Gasteiger partial charge < -0.3 is 19.5 Å². The maximum atomic E-state index is 12.6. The van der Waals surface area contributed by atoms with Gasteiger partial charge in [0.1, 0.15) is 12.4 Å². The van der Waals surface area contributed by atoms with E-state index in [4.69, 9.17) is 14.2 Å². The van der Waals surface area contributed by atoms with Gasteiger partial charge in [-0.3, -0.25) is 4.79 Å². The molecule has 28 heavy (non-hydrogen) atoms. The second kappa shape index (κ2) is 9.28. The van der Waals surface area contributed by atoms with Crippen LogP contribution in [0, 0.1) is 0 Å². The van der Waals surface area contributed by atoms with Gasteiger partial charge in [-0.25, -0.2) is 0 Å². The number of hydrogen-bond acceptors (Lipinski definition) is 4. The van der Waals surface area contributed by atoms with E-state index in [9.17, 15) is 4.79 Å². The van der Waals surface area contributed by atoms with Crippen LogP contribution < -0.4 is 19.5 Å². The van der Waals surface area contributed by atoms with Crippen molar-refractivity contribution in [2.75, 3.05) is 19.5 Å². The molecule has 0 aliphatic heterocycles. The second-order valence-corrected chi connectivity index (χ2v) is 6.84. The van der Waals surface area contributed by atoms with Crippen LogP contribution in [0.15, 0.2) is 71.2 Å². The Kier molecular flexibility index (Phi) is 6.55. The lowest BCUT2D eigenvalue weighted by Gasteiger charge is -2.14. The molecule has 6 heteroatoms. The van der Waals surface area contributed by atoms with Gasteiger partial charge in [-0.15, -0.1) is 0 Å². The fraction of sp³-hybridized carbons (Fsp3) is 0.136. The third-order valence-electron chi connectivity index (χ3n) is 4.10. The Labute approximate surface area is 172 Å². The molecule has 0 bridgehead atoms.